The van der Waals surface area contributed by atoms with E-state index in [-0.39, 0.29) is 12.3 Å². The predicted octanol–water partition coefficient (Wildman–Crippen LogP) is 3.06. The Morgan fingerprint density at radius 1 is 0.968 bits per heavy atom. The number of hydrogen-bond acceptors (Lipinski definition) is 5. The molecule has 0 saturated carbocycles. The topological polar surface area (TPSA) is 104 Å². The van der Waals surface area contributed by atoms with Gasteiger partial charge >= 0.3 is 6.36 Å². The number of fused-ring (bicyclic) bond motifs is 1. The fourth-order valence-electron chi connectivity index (χ4n) is 3.65. The van der Waals surface area contributed by atoms with Gasteiger partial charge in [-0.1, -0.05) is 12.1 Å². The standard InChI is InChI=1S/C22H28F3N5O/c23-22(24,25)31-17-3-4-18(16(11-17)12-28)20-14-30(9-1-6-26)21-5-2-15(10-19(20)21)13-29-8-7-27/h2-5,10-11,14,29H,1,6-9,12-13,26-28H2. The molecule has 0 aliphatic carbocycles. The number of nitrogens with zero attached hydrogens (tertiary/aromatic N) is 1. The molecule has 1 heterocycles. The van der Waals surface area contributed by atoms with Gasteiger partial charge in [-0.25, -0.2) is 0 Å². The first-order valence-corrected chi connectivity index (χ1v) is 10.2. The van der Waals surface area contributed by atoms with E-state index in [0.29, 0.717) is 31.7 Å². The number of alkyl halides is 3. The van der Waals surface area contributed by atoms with Crippen molar-refractivity contribution in [2.24, 2.45) is 17.2 Å². The highest BCUT2D eigenvalue weighted by Gasteiger charge is 2.31. The molecule has 0 atom stereocenters. The van der Waals surface area contributed by atoms with Gasteiger partial charge < -0.3 is 31.8 Å². The van der Waals surface area contributed by atoms with E-state index in [1.54, 1.807) is 6.07 Å². The van der Waals surface area contributed by atoms with Crippen LogP contribution >= 0.6 is 0 Å². The number of halogens is 3. The highest BCUT2D eigenvalue weighted by molar-refractivity contribution is 5.97. The maximum atomic E-state index is 12.6. The van der Waals surface area contributed by atoms with Crippen LogP contribution < -0.4 is 27.3 Å². The molecule has 31 heavy (non-hydrogen) atoms. The van der Waals surface area contributed by atoms with Crippen LogP contribution in [0.4, 0.5) is 13.2 Å². The molecule has 168 valence electrons. The molecule has 0 radical (unpaired) electrons. The normalized spacial score (nSPS) is 11.9. The van der Waals surface area contributed by atoms with Crippen LogP contribution in [-0.2, 0) is 19.6 Å². The lowest BCUT2D eigenvalue weighted by atomic mass is 9.98. The lowest BCUT2D eigenvalue weighted by molar-refractivity contribution is -0.274. The second-order valence-corrected chi connectivity index (χ2v) is 7.27. The van der Waals surface area contributed by atoms with Crippen molar-refractivity contribution in [3.8, 4) is 16.9 Å². The van der Waals surface area contributed by atoms with Crippen molar-refractivity contribution >= 4 is 10.9 Å². The summed E-state index contributed by atoms with van der Waals surface area (Å²) in [7, 11) is 0. The zero-order valence-electron chi connectivity index (χ0n) is 17.2. The zero-order chi connectivity index (χ0) is 22.4. The van der Waals surface area contributed by atoms with Crippen LogP contribution in [0.15, 0.2) is 42.6 Å². The van der Waals surface area contributed by atoms with Gasteiger partial charge in [0.05, 0.1) is 0 Å². The largest absolute Gasteiger partial charge is 0.573 e. The Bertz CT molecular complexity index is 1020. The van der Waals surface area contributed by atoms with Gasteiger partial charge in [-0.2, -0.15) is 0 Å². The SMILES string of the molecule is NCCCn1cc(-c2ccc(OC(F)(F)F)cc2CN)c2cc(CNCCN)ccc21. The third-order valence-corrected chi connectivity index (χ3v) is 5.02. The van der Waals surface area contributed by atoms with Gasteiger partial charge in [0.25, 0.3) is 0 Å². The summed E-state index contributed by atoms with van der Waals surface area (Å²) in [5, 5.41) is 4.28. The molecule has 0 amide bonds. The van der Waals surface area contributed by atoms with E-state index in [4.69, 9.17) is 17.2 Å². The molecule has 0 spiro atoms. The summed E-state index contributed by atoms with van der Waals surface area (Å²) in [5.74, 6) is -0.282. The summed E-state index contributed by atoms with van der Waals surface area (Å²) >= 11 is 0. The maximum Gasteiger partial charge on any atom is 0.573 e. The van der Waals surface area contributed by atoms with Gasteiger partial charge in [0, 0.05) is 55.4 Å². The predicted molar refractivity (Wildman–Crippen MR) is 116 cm³/mol. The van der Waals surface area contributed by atoms with Crippen LogP contribution in [0.25, 0.3) is 22.0 Å². The lowest BCUT2D eigenvalue weighted by Crippen LogP contribution is -2.21. The molecule has 0 bridgehead atoms. The monoisotopic (exact) mass is 435 g/mol. The second kappa shape index (κ2) is 10.1. The molecule has 0 fully saturated rings. The van der Waals surface area contributed by atoms with Crippen LogP contribution in [0, 0.1) is 0 Å². The Balaban J connectivity index is 2.07. The molecule has 6 nitrogen and oxygen atoms in total. The third-order valence-electron chi connectivity index (χ3n) is 5.02. The van der Waals surface area contributed by atoms with Crippen molar-refractivity contribution in [2.75, 3.05) is 19.6 Å². The summed E-state index contributed by atoms with van der Waals surface area (Å²) < 4.78 is 44.0. The summed E-state index contributed by atoms with van der Waals surface area (Å²) in [6.45, 7) is 3.31. The van der Waals surface area contributed by atoms with Crippen LogP contribution in [0.3, 0.4) is 0 Å². The molecular weight excluding hydrogens is 407 g/mol. The minimum absolute atomic E-state index is 0.0810. The Labute approximate surface area is 179 Å². The number of nitrogens with two attached hydrogens (primary N) is 3. The van der Waals surface area contributed by atoms with Crippen molar-refractivity contribution < 1.29 is 17.9 Å². The molecule has 9 heteroatoms. The summed E-state index contributed by atoms with van der Waals surface area (Å²) in [4.78, 5) is 0. The van der Waals surface area contributed by atoms with E-state index in [9.17, 15) is 13.2 Å². The second-order valence-electron chi connectivity index (χ2n) is 7.27. The van der Waals surface area contributed by atoms with Crippen LogP contribution in [0.2, 0.25) is 0 Å². The van der Waals surface area contributed by atoms with Crippen LogP contribution in [0.1, 0.15) is 17.5 Å². The minimum atomic E-state index is -4.75. The van der Waals surface area contributed by atoms with Crippen molar-refractivity contribution in [2.45, 2.75) is 32.4 Å². The molecule has 0 unspecified atom stereocenters. The number of rotatable bonds is 10. The first kappa shape index (κ1) is 23.1. The quantitative estimate of drug-likeness (QED) is 0.367. The fourth-order valence-corrected chi connectivity index (χ4v) is 3.65. The number of benzene rings is 2. The summed E-state index contributed by atoms with van der Waals surface area (Å²) in [6.07, 6.45) is -1.93. The average Bonchev–Trinajstić information content (AvgIpc) is 3.09. The Morgan fingerprint density at radius 3 is 2.45 bits per heavy atom. The van der Waals surface area contributed by atoms with Crippen molar-refractivity contribution in [1.82, 2.24) is 9.88 Å². The molecule has 7 N–H and O–H groups in total. The van der Waals surface area contributed by atoms with Gasteiger partial charge in [0.2, 0.25) is 0 Å². The van der Waals surface area contributed by atoms with Crippen molar-refractivity contribution in [3.05, 3.63) is 53.7 Å². The first-order valence-electron chi connectivity index (χ1n) is 10.2. The highest BCUT2D eigenvalue weighted by atomic mass is 19.4. The molecule has 0 aliphatic heterocycles. The van der Waals surface area contributed by atoms with Gasteiger partial charge in [0.15, 0.2) is 0 Å². The number of hydrogen-bond donors (Lipinski definition) is 4. The summed E-state index contributed by atoms with van der Waals surface area (Å²) in [6, 6.07) is 10.5. The zero-order valence-corrected chi connectivity index (χ0v) is 17.2. The van der Waals surface area contributed by atoms with E-state index in [0.717, 1.165) is 40.6 Å². The van der Waals surface area contributed by atoms with E-state index in [2.05, 4.69) is 32.8 Å². The van der Waals surface area contributed by atoms with Gasteiger partial charge in [-0.15, -0.1) is 13.2 Å². The fraction of sp³-hybridized carbons (Fsp3) is 0.364. The third kappa shape index (κ3) is 5.76. The first-order chi connectivity index (χ1) is 14.9. The Kier molecular flexibility index (Phi) is 7.55. The number of ether oxygens (including phenoxy) is 1. The Morgan fingerprint density at radius 2 is 1.77 bits per heavy atom. The lowest BCUT2D eigenvalue weighted by Gasteiger charge is -2.13. The van der Waals surface area contributed by atoms with Crippen LogP contribution in [0.5, 0.6) is 5.75 Å². The highest BCUT2D eigenvalue weighted by Crippen LogP contribution is 2.36. The molecule has 3 rings (SSSR count). The maximum absolute atomic E-state index is 12.6. The van der Waals surface area contributed by atoms with Gasteiger partial charge in [0.1, 0.15) is 5.75 Å². The van der Waals surface area contributed by atoms with Crippen molar-refractivity contribution in [3.63, 3.8) is 0 Å². The van der Waals surface area contributed by atoms with Gasteiger partial charge in [-0.3, -0.25) is 0 Å². The number of aryl methyl sites for hydroxylation is 1. The van der Waals surface area contributed by atoms with Crippen LogP contribution in [-0.4, -0.2) is 30.6 Å². The molecule has 3 aromatic rings. The van der Waals surface area contributed by atoms with E-state index < -0.39 is 6.36 Å². The molecule has 0 aliphatic rings. The van der Waals surface area contributed by atoms with E-state index >= 15 is 0 Å². The summed E-state index contributed by atoms with van der Waals surface area (Å²) in [5.41, 5.74) is 21.5. The number of aromatic nitrogens is 1. The molecule has 0 saturated heterocycles. The molecule has 1 aromatic heterocycles. The Hall–Kier alpha value is -2.59. The molecular formula is C22H28F3N5O. The molecule has 2 aromatic carbocycles. The average molecular weight is 435 g/mol. The number of nitrogens with one attached hydrogen (secondary N) is 1. The smallest absolute Gasteiger partial charge is 0.406 e. The minimum Gasteiger partial charge on any atom is -0.406 e. The van der Waals surface area contributed by atoms with E-state index in [1.165, 1.54) is 12.1 Å². The van der Waals surface area contributed by atoms with E-state index in [1.807, 2.05) is 6.20 Å². The van der Waals surface area contributed by atoms with Crippen molar-refractivity contribution in [1.29, 1.82) is 0 Å². The van der Waals surface area contributed by atoms with Gasteiger partial charge in [-0.05, 0) is 53.9 Å².